The van der Waals surface area contributed by atoms with E-state index in [2.05, 4.69) is 15.7 Å². The minimum Gasteiger partial charge on any atom is -0.337 e. The van der Waals surface area contributed by atoms with Crippen molar-refractivity contribution in [2.24, 2.45) is 0 Å². The molecule has 29 heavy (non-hydrogen) atoms. The molecule has 1 amide bonds. The van der Waals surface area contributed by atoms with Crippen LogP contribution in [0.5, 0.6) is 0 Å². The summed E-state index contributed by atoms with van der Waals surface area (Å²) in [4.78, 5) is 13.1. The van der Waals surface area contributed by atoms with E-state index in [1.165, 1.54) is 0 Å². The minimum atomic E-state index is -0.643. The maximum Gasteiger partial charge on any atom is 0.272 e. The van der Waals surface area contributed by atoms with Gasteiger partial charge in [-0.05, 0) is 43.5 Å². The molecule has 0 radical (unpaired) electrons. The zero-order valence-electron chi connectivity index (χ0n) is 16.5. The highest BCUT2D eigenvalue weighted by atomic mass is 35.5. The summed E-state index contributed by atoms with van der Waals surface area (Å²) >= 11 is 0. The van der Waals surface area contributed by atoms with Crippen LogP contribution in [-0.2, 0) is 5.54 Å². The molecule has 1 atom stereocenters. The zero-order chi connectivity index (χ0) is 19.4. The van der Waals surface area contributed by atoms with Gasteiger partial charge in [-0.3, -0.25) is 9.48 Å². The van der Waals surface area contributed by atoms with E-state index in [9.17, 15) is 4.79 Å². The Hall–Kier alpha value is -2.63. The van der Waals surface area contributed by atoms with Crippen molar-refractivity contribution in [3.63, 3.8) is 0 Å². The van der Waals surface area contributed by atoms with E-state index in [0.29, 0.717) is 11.7 Å². The standard InChI is InChI=1S/C23H26N4O.ClH/c1-23(18-9-4-2-5-10-18,19-11-6-3-7-12-19)25-22(28)21-14-16-27(26-21)20-13-8-15-24-17-20;/h2-7,9-12,14,16,20,24H,8,13,15,17H2,1H3,(H,25,28);1H. The van der Waals surface area contributed by atoms with Crippen molar-refractivity contribution < 1.29 is 4.79 Å². The summed E-state index contributed by atoms with van der Waals surface area (Å²) in [6.07, 6.45) is 4.13. The summed E-state index contributed by atoms with van der Waals surface area (Å²) in [5.41, 5.74) is 1.87. The highest BCUT2D eigenvalue weighted by Crippen LogP contribution is 2.29. The second-order valence-electron chi connectivity index (χ2n) is 7.49. The molecule has 5 nitrogen and oxygen atoms in total. The molecule has 1 fully saturated rings. The fourth-order valence-corrected chi connectivity index (χ4v) is 3.87. The Labute approximate surface area is 177 Å². The predicted molar refractivity (Wildman–Crippen MR) is 117 cm³/mol. The average molecular weight is 411 g/mol. The van der Waals surface area contributed by atoms with Crippen molar-refractivity contribution >= 4 is 18.3 Å². The highest BCUT2D eigenvalue weighted by molar-refractivity contribution is 5.93. The number of halogens is 1. The van der Waals surface area contributed by atoms with Gasteiger partial charge in [-0.15, -0.1) is 12.4 Å². The van der Waals surface area contributed by atoms with Gasteiger partial charge in [0.1, 0.15) is 5.69 Å². The van der Waals surface area contributed by atoms with Crippen LogP contribution in [0, 0.1) is 0 Å². The van der Waals surface area contributed by atoms with Gasteiger partial charge in [-0.25, -0.2) is 0 Å². The molecular weight excluding hydrogens is 384 g/mol. The van der Waals surface area contributed by atoms with Crippen LogP contribution in [-0.4, -0.2) is 28.8 Å². The molecule has 0 saturated carbocycles. The number of hydrogen-bond acceptors (Lipinski definition) is 3. The monoisotopic (exact) mass is 410 g/mol. The Bertz CT molecular complexity index is 881. The van der Waals surface area contributed by atoms with E-state index in [-0.39, 0.29) is 18.3 Å². The first-order valence-corrected chi connectivity index (χ1v) is 9.86. The molecule has 2 heterocycles. The molecule has 4 rings (SSSR count). The molecule has 1 saturated heterocycles. The topological polar surface area (TPSA) is 59.0 Å². The molecule has 0 aliphatic carbocycles. The Kier molecular flexibility index (Phi) is 6.72. The van der Waals surface area contributed by atoms with Gasteiger partial charge in [-0.2, -0.15) is 5.10 Å². The Balaban J connectivity index is 0.00000240. The number of benzene rings is 2. The number of hydrogen-bond donors (Lipinski definition) is 2. The number of rotatable bonds is 5. The number of carbonyl (C=O) groups is 1. The number of carbonyl (C=O) groups excluding carboxylic acids is 1. The summed E-state index contributed by atoms with van der Waals surface area (Å²) in [7, 11) is 0. The molecule has 2 N–H and O–H groups in total. The average Bonchev–Trinajstić information content (AvgIpc) is 3.26. The largest absolute Gasteiger partial charge is 0.337 e. The number of amides is 1. The Morgan fingerprint density at radius 1 is 1.07 bits per heavy atom. The molecule has 1 aliphatic rings. The van der Waals surface area contributed by atoms with E-state index >= 15 is 0 Å². The van der Waals surface area contributed by atoms with Crippen molar-refractivity contribution in [2.45, 2.75) is 31.3 Å². The van der Waals surface area contributed by atoms with Gasteiger partial charge in [-0.1, -0.05) is 60.7 Å². The highest BCUT2D eigenvalue weighted by Gasteiger charge is 2.31. The molecule has 2 aromatic carbocycles. The third-order valence-corrected chi connectivity index (χ3v) is 5.55. The van der Waals surface area contributed by atoms with Crippen molar-refractivity contribution in [2.75, 3.05) is 13.1 Å². The van der Waals surface area contributed by atoms with Crippen LogP contribution in [0.25, 0.3) is 0 Å². The maximum atomic E-state index is 13.1. The molecular formula is C23H27ClN4O. The molecule has 1 unspecified atom stereocenters. The van der Waals surface area contributed by atoms with Crippen LogP contribution in [0.2, 0.25) is 0 Å². The first-order chi connectivity index (χ1) is 13.7. The summed E-state index contributed by atoms with van der Waals surface area (Å²) in [6.45, 7) is 3.99. The number of nitrogens with zero attached hydrogens (tertiary/aromatic N) is 2. The zero-order valence-corrected chi connectivity index (χ0v) is 17.4. The van der Waals surface area contributed by atoms with Gasteiger partial charge in [0.15, 0.2) is 0 Å². The maximum absolute atomic E-state index is 13.1. The van der Waals surface area contributed by atoms with Crippen LogP contribution in [0.3, 0.4) is 0 Å². The van der Waals surface area contributed by atoms with E-state index in [0.717, 1.165) is 37.1 Å². The van der Waals surface area contributed by atoms with Crippen molar-refractivity contribution in [1.29, 1.82) is 0 Å². The van der Waals surface area contributed by atoms with Crippen molar-refractivity contribution in [3.8, 4) is 0 Å². The fraction of sp³-hybridized carbons (Fsp3) is 0.304. The lowest BCUT2D eigenvalue weighted by Gasteiger charge is -2.32. The predicted octanol–water partition coefficient (Wildman–Crippen LogP) is 3.92. The number of aromatic nitrogens is 2. The van der Waals surface area contributed by atoms with Gasteiger partial charge < -0.3 is 10.6 Å². The summed E-state index contributed by atoms with van der Waals surface area (Å²) in [5, 5.41) is 11.2. The molecule has 0 bridgehead atoms. The van der Waals surface area contributed by atoms with Crippen LogP contribution >= 0.6 is 12.4 Å². The first kappa shape index (κ1) is 21.1. The number of piperidine rings is 1. The van der Waals surface area contributed by atoms with E-state index in [1.54, 1.807) is 6.07 Å². The second kappa shape index (κ2) is 9.25. The molecule has 0 spiro atoms. The van der Waals surface area contributed by atoms with Crippen LogP contribution in [0.4, 0.5) is 0 Å². The molecule has 1 aliphatic heterocycles. The van der Waals surface area contributed by atoms with Gasteiger partial charge in [0.25, 0.3) is 5.91 Å². The van der Waals surface area contributed by atoms with E-state index in [1.807, 2.05) is 78.5 Å². The van der Waals surface area contributed by atoms with Crippen LogP contribution in [0.1, 0.15) is 47.4 Å². The second-order valence-corrected chi connectivity index (χ2v) is 7.49. The lowest BCUT2D eigenvalue weighted by molar-refractivity contribution is 0.0912. The molecule has 6 heteroatoms. The summed E-state index contributed by atoms with van der Waals surface area (Å²) < 4.78 is 1.92. The van der Waals surface area contributed by atoms with Crippen molar-refractivity contribution in [3.05, 3.63) is 89.7 Å². The fourth-order valence-electron chi connectivity index (χ4n) is 3.87. The van der Waals surface area contributed by atoms with Crippen molar-refractivity contribution in [1.82, 2.24) is 20.4 Å². The van der Waals surface area contributed by atoms with E-state index < -0.39 is 5.54 Å². The quantitative estimate of drug-likeness (QED) is 0.670. The van der Waals surface area contributed by atoms with E-state index in [4.69, 9.17) is 0 Å². The number of nitrogens with one attached hydrogen (secondary N) is 2. The minimum absolute atomic E-state index is 0. The normalized spacial score (nSPS) is 16.7. The Morgan fingerprint density at radius 2 is 1.69 bits per heavy atom. The smallest absolute Gasteiger partial charge is 0.272 e. The van der Waals surface area contributed by atoms with Gasteiger partial charge in [0.2, 0.25) is 0 Å². The molecule has 1 aromatic heterocycles. The third kappa shape index (κ3) is 4.52. The molecule has 3 aromatic rings. The lowest BCUT2D eigenvalue weighted by Crippen LogP contribution is -2.44. The van der Waals surface area contributed by atoms with Gasteiger partial charge in [0, 0.05) is 12.7 Å². The summed E-state index contributed by atoms with van der Waals surface area (Å²) in [5.74, 6) is -0.169. The lowest BCUT2D eigenvalue weighted by atomic mass is 9.84. The Morgan fingerprint density at radius 3 is 2.24 bits per heavy atom. The van der Waals surface area contributed by atoms with Crippen LogP contribution < -0.4 is 10.6 Å². The first-order valence-electron chi connectivity index (χ1n) is 9.86. The summed E-state index contributed by atoms with van der Waals surface area (Å²) in [6, 6.07) is 22.2. The SMILES string of the molecule is CC(NC(=O)c1ccn(C2CCCNC2)n1)(c1ccccc1)c1ccccc1.Cl. The van der Waals surface area contributed by atoms with Gasteiger partial charge >= 0.3 is 0 Å². The molecule has 152 valence electrons. The van der Waals surface area contributed by atoms with Gasteiger partial charge in [0.05, 0.1) is 11.6 Å². The third-order valence-electron chi connectivity index (χ3n) is 5.55. The van der Waals surface area contributed by atoms with Crippen LogP contribution in [0.15, 0.2) is 72.9 Å².